The lowest BCUT2D eigenvalue weighted by molar-refractivity contribution is 0.880. The van der Waals surface area contributed by atoms with E-state index in [-0.39, 0.29) is 0 Å². The molecule has 0 amide bonds. The van der Waals surface area contributed by atoms with Crippen LogP contribution >= 0.6 is 0 Å². The van der Waals surface area contributed by atoms with E-state index in [1.165, 1.54) is 18.8 Å². The fourth-order valence-electron chi connectivity index (χ4n) is 0.625. The third-order valence-corrected chi connectivity index (χ3v) is 2.52. The van der Waals surface area contributed by atoms with Crippen LogP contribution < -0.4 is 5.32 Å². The smallest absolute Gasteiger partial charge is 0.0377 e. The van der Waals surface area contributed by atoms with Crippen LogP contribution in [0.3, 0.4) is 0 Å². The molecule has 0 radical (unpaired) electrons. The molecule has 0 bridgehead atoms. The normalized spacial score (nSPS) is 28.8. The van der Waals surface area contributed by atoms with E-state index >= 15 is 0 Å². The highest BCUT2D eigenvalue weighted by molar-refractivity contribution is 6.36. The first-order chi connectivity index (χ1) is 2.50. The van der Waals surface area contributed by atoms with Crippen LogP contribution in [0.2, 0.25) is 6.04 Å². The molecule has 1 heterocycles. The maximum Gasteiger partial charge on any atom is 0.0377 e. The third-order valence-electron chi connectivity index (χ3n) is 0.957. The van der Waals surface area contributed by atoms with Crippen LogP contribution in [0.1, 0.15) is 0 Å². The first-order valence-corrected chi connectivity index (χ1v) is 4.21. The zero-order valence-corrected chi connectivity index (χ0v) is 4.74. The van der Waals surface area contributed by atoms with E-state index < -0.39 is 0 Å². The number of hydrogen-bond acceptors (Lipinski definition) is 1. The number of nitrogens with one attached hydrogen (secondary N) is 1. The van der Waals surface area contributed by atoms with Crippen molar-refractivity contribution < 1.29 is 0 Å². The second-order valence-corrected chi connectivity index (χ2v) is 3.37. The van der Waals surface area contributed by atoms with Crippen LogP contribution in [-0.4, -0.2) is 22.2 Å². The molecule has 0 aliphatic carbocycles. The zero-order chi connectivity index (χ0) is 3.54. The Morgan fingerprint density at radius 1 is 1.60 bits per heavy atom. The Balaban J connectivity index is 2.08. The second-order valence-electron chi connectivity index (χ2n) is 1.46. The van der Waals surface area contributed by atoms with Gasteiger partial charge in [0.2, 0.25) is 0 Å². The average Bonchev–Trinajstić information content (AvgIpc) is 1.76. The monoisotopic (exact) mass is 87.1 g/mol. The Labute approximate surface area is 34.6 Å². The van der Waals surface area contributed by atoms with Gasteiger partial charge in [-0.1, -0.05) is 0 Å². The Hall–Kier alpha value is 0.177. The highest BCUT2D eigenvalue weighted by atomic mass is 28.2. The molecule has 2 heteroatoms. The molecule has 1 fully saturated rings. The molecule has 1 saturated heterocycles. The maximum absolute atomic E-state index is 3.28. The zero-order valence-electron chi connectivity index (χ0n) is 3.33. The van der Waals surface area contributed by atoms with Crippen molar-refractivity contribution in [2.24, 2.45) is 0 Å². The molecule has 1 N–H and O–H groups in total. The lowest BCUT2D eigenvalue weighted by Crippen LogP contribution is -2.05. The first-order valence-electron chi connectivity index (χ1n) is 2.21. The quantitative estimate of drug-likeness (QED) is 0.379. The molecule has 0 unspecified atom stereocenters. The molecule has 1 rings (SSSR count). The predicted octanol–water partition coefficient (Wildman–Crippen LogP) is -0.866. The summed E-state index contributed by atoms with van der Waals surface area (Å²) in [7, 11) is 0.432. The second kappa shape index (κ2) is 1.57. The highest BCUT2D eigenvalue weighted by Crippen LogP contribution is 1.79. The summed E-state index contributed by atoms with van der Waals surface area (Å²) in [5.41, 5.74) is 0. The topological polar surface area (TPSA) is 12.0 Å². The van der Waals surface area contributed by atoms with Gasteiger partial charge in [0.15, 0.2) is 0 Å². The largest absolute Gasteiger partial charge is 0.320 e. The van der Waals surface area contributed by atoms with Crippen LogP contribution in [0.5, 0.6) is 0 Å². The van der Waals surface area contributed by atoms with Crippen molar-refractivity contribution in [1.82, 2.24) is 5.32 Å². The Morgan fingerprint density at radius 2 is 2.60 bits per heavy atom. The Morgan fingerprint density at radius 3 is 2.80 bits per heavy atom. The van der Waals surface area contributed by atoms with Crippen LogP contribution in [0.4, 0.5) is 0 Å². The van der Waals surface area contributed by atoms with Crippen LogP contribution in [0.15, 0.2) is 0 Å². The summed E-state index contributed by atoms with van der Waals surface area (Å²) in [6, 6.07) is 1.53. The maximum atomic E-state index is 3.28. The van der Waals surface area contributed by atoms with E-state index in [2.05, 4.69) is 5.32 Å². The van der Waals surface area contributed by atoms with Crippen molar-refractivity contribution in [2.75, 3.05) is 12.7 Å². The third kappa shape index (κ3) is 0.739. The summed E-state index contributed by atoms with van der Waals surface area (Å²) < 4.78 is 0. The Bertz CT molecular complexity index is 18.5. The number of hydrogen-bond donors (Lipinski definition) is 1. The van der Waals surface area contributed by atoms with E-state index in [0.29, 0.717) is 9.52 Å². The van der Waals surface area contributed by atoms with E-state index in [4.69, 9.17) is 0 Å². The van der Waals surface area contributed by atoms with E-state index in [1.807, 2.05) is 0 Å². The van der Waals surface area contributed by atoms with Crippen molar-refractivity contribution in [2.45, 2.75) is 6.04 Å². The first kappa shape index (κ1) is 3.37. The van der Waals surface area contributed by atoms with Gasteiger partial charge < -0.3 is 5.32 Å². The molecule has 1 nitrogen and oxygen atoms in total. The van der Waals surface area contributed by atoms with E-state index in [0.717, 1.165) is 0 Å². The van der Waals surface area contributed by atoms with Gasteiger partial charge in [0, 0.05) is 9.52 Å². The SMILES string of the molecule is C1C[SiH2]CN1. The molecule has 1 aliphatic rings. The van der Waals surface area contributed by atoms with Crippen molar-refractivity contribution in [3.05, 3.63) is 0 Å². The summed E-state index contributed by atoms with van der Waals surface area (Å²) in [6.07, 6.45) is 1.39. The molecular weight excluding hydrogens is 78.1 g/mol. The summed E-state index contributed by atoms with van der Waals surface area (Å²) in [6.45, 7) is 1.31. The predicted molar refractivity (Wildman–Crippen MR) is 26.2 cm³/mol. The fraction of sp³-hybridized carbons (Fsp3) is 1.00. The molecule has 0 spiro atoms. The molecule has 0 aromatic heterocycles. The standard InChI is InChI=1S/C3H9NSi/c1-2-5-3-4-1/h4H,1-3,5H2. The molecule has 0 saturated carbocycles. The van der Waals surface area contributed by atoms with Crippen molar-refractivity contribution >= 4 is 9.52 Å². The van der Waals surface area contributed by atoms with Crippen LogP contribution in [0.25, 0.3) is 0 Å². The average molecular weight is 87.2 g/mol. The van der Waals surface area contributed by atoms with Crippen LogP contribution in [0, 0.1) is 0 Å². The van der Waals surface area contributed by atoms with Crippen molar-refractivity contribution in [3.63, 3.8) is 0 Å². The van der Waals surface area contributed by atoms with Crippen molar-refractivity contribution in [3.8, 4) is 0 Å². The van der Waals surface area contributed by atoms with E-state index in [9.17, 15) is 0 Å². The summed E-state index contributed by atoms with van der Waals surface area (Å²) in [5, 5.41) is 3.28. The van der Waals surface area contributed by atoms with Gasteiger partial charge in [0.1, 0.15) is 0 Å². The lowest BCUT2D eigenvalue weighted by Gasteiger charge is -1.76. The van der Waals surface area contributed by atoms with Gasteiger partial charge in [-0.25, -0.2) is 0 Å². The van der Waals surface area contributed by atoms with Gasteiger partial charge in [-0.05, 0) is 18.8 Å². The molecule has 0 aromatic rings. The van der Waals surface area contributed by atoms with Gasteiger partial charge in [-0.3, -0.25) is 0 Å². The van der Waals surface area contributed by atoms with E-state index in [1.54, 1.807) is 0 Å². The molecule has 5 heavy (non-hydrogen) atoms. The minimum atomic E-state index is 0.432. The summed E-state index contributed by atoms with van der Waals surface area (Å²) >= 11 is 0. The molecule has 0 aromatic carbocycles. The Kier molecular flexibility index (Phi) is 1.06. The summed E-state index contributed by atoms with van der Waals surface area (Å²) in [5.74, 6) is 0. The fourth-order valence-corrected chi connectivity index (χ4v) is 1.87. The molecule has 0 atom stereocenters. The van der Waals surface area contributed by atoms with Gasteiger partial charge in [0.05, 0.1) is 0 Å². The van der Waals surface area contributed by atoms with Crippen molar-refractivity contribution in [1.29, 1.82) is 0 Å². The van der Waals surface area contributed by atoms with Gasteiger partial charge in [-0.2, -0.15) is 0 Å². The molecular formula is C3H9NSi. The number of rotatable bonds is 0. The molecule has 30 valence electrons. The molecule has 1 aliphatic heterocycles. The highest BCUT2D eigenvalue weighted by Gasteiger charge is 1.94. The van der Waals surface area contributed by atoms with Gasteiger partial charge in [0.25, 0.3) is 0 Å². The summed E-state index contributed by atoms with van der Waals surface area (Å²) in [4.78, 5) is 0. The minimum absolute atomic E-state index is 0.432. The van der Waals surface area contributed by atoms with Gasteiger partial charge >= 0.3 is 0 Å². The van der Waals surface area contributed by atoms with Gasteiger partial charge in [-0.15, -0.1) is 0 Å². The van der Waals surface area contributed by atoms with Crippen LogP contribution in [-0.2, 0) is 0 Å². The lowest BCUT2D eigenvalue weighted by atomic mass is 10.8. The minimum Gasteiger partial charge on any atom is -0.320 e.